The van der Waals surface area contributed by atoms with Crippen molar-refractivity contribution >= 4 is 17.4 Å². The fraction of sp³-hybridized carbons (Fsp3) is 0.667. The first-order chi connectivity index (χ1) is 9.43. The Morgan fingerprint density at radius 3 is 2.90 bits per heavy atom. The van der Waals surface area contributed by atoms with Crippen molar-refractivity contribution in [1.29, 1.82) is 0 Å². The number of halogens is 2. The molecule has 1 aromatic rings. The van der Waals surface area contributed by atoms with Crippen LogP contribution in [0.1, 0.15) is 32.6 Å². The van der Waals surface area contributed by atoms with Gasteiger partial charge in [0.05, 0.1) is 5.02 Å². The van der Waals surface area contributed by atoms with Gasteiger partial charge in [-0.3, -0.25) is 0 Å². The molecule has 3 nitrogen and oxygen atoms in total. The van der Waals surface area contributed by atoms with Crippen molar-refractivity contribution in [2.24, 2.45) is 5.92 Å². The van der Waals surface area contributed by atoms with Gasteiger partial charge in [-0.1, -0.05) is 31.4 Å². The number of pyridine rings is 1. The van der Waals surface area contributed by atoms with Crippen LogP contribution in [-0.2, 0) is 0 Å². The van der Waals surface area contributed by atoms with Crippen molar-refractivity contribution in [3.05, 3.63) is 23.1 Å². The minimum Gasteiger partial charge on any atom is -0.366 e. The standard InChI is InChI=1S/C15H23ClFN3/c1-11-5-4-6-15(8-11,20(2)3)10-19-14-13(17)7-12(16)9-18-14/h7,9,11H,4-6,8,10H2,1-3H3,(H,18,19). The summed E-state index contributed by atoms with van der Waals surface area (Å²) < 4.78 is 13.8. The molecule has 0 aliphatic heterocycles. The van der Waals surface area contributed by atoms with E-state index >= 15 is 0 Å². The highest BCUT2D eigenvalue weighted by molar-refractivity contribution is 6.30. The summed E-state index contributed by atoms with van der Waals surface area (Å²) in [7, 11) is 4.21. The number of anilines is 1. The van der Waals surface area contributed by atoms with Gasteiger partial charge < -0.3 is 10.2 Å². The van der Waals surface area contributed by atoms with E-state index in [4.69, 9.17) is 11.6 Å². The number of nitrogens with one attached hydrogen (secondary N) is 1. The second kappa shape index (κ2) is 6.27. The normalized spacial score (nSPS) is 26.8. The molecule has 0 bridgehead atoms. The molecule has 0 aromatic carbocycles. The van der Waals surface area contributed by atoms with Gasteiger partial charge in [0.2, 0.25) is 0 Å². The number of aromatic nitrogens is 1. The quantitative estimate of drug-likeness (QED) is 0.916. The van der Waals surface area contributed by atoms with Gasteiger partial charge >= 0.3 is 0 Å². The van der Waals surface area contributed by atoms with Crippen molar-refractivity contribution in [3.8, 4) is 0 Å². The number of hydrogen-bond donors (Lipinski definition) is 1. The third kappa shape index (κ3) is 3.41. The van der Waals surface area contributed by atoms with Crippen LogP contribution >= 0.6 is 11.6 Å². The summed E-state index contributed by atoms with van der Waals surface area (Å²) in [6, 6.07) is 1.29. The van der Waals surface area contributed by atoms with Crippen LogP contribution in [0.4, 0.5) is 10.2 Å². The van der Waals surface area contributed by atoms with Gasteiger partial charge in [-0.25, -0.2) is 9.37 Å². The molecule has 2 atom stereocenters. The molecule has 0 amide bonds. The second-order valence-electron chi connectivity index (χ2n) is 6.16. The minimum atomic E-state index is -0.393. The lowest BCUT2D eigenvalue weighted by atomic mass is 9.75. The molecule has 1 aliphatic carbocycles. The average Bonchev–Trinajstić information content (AvgIpc) is 2.37. The van der Waals surface area contributed by atoms with E-state index in [1.165, 1.54) is 25.1 Å². The summed E-state index contributed by atoms with van der Waals surface area (Å²) in [4.78, 5) is 6.30. The van der Waals surface area contributed by atoms with E-state index in [1.807, 2.05) is 0 Å². The van der Waals surface area contributed by atoms with Crippen molar-refractivity contribution in [2.45, 2.75) is 38.1 Å². The highest BCUT2D eigenvalue weighted by Gasteiger charge is 2.36. The van der Waals surface area contributed by atoms with Crippen LogP contribution in [0.15, 0.2) is 12.3 Å². The van der Waals surface area contributed by atoms with Crippen LogP contribution in [0.3, 0.4) is 0 Å². The van der Waals surface area contributed by atoms with E-state index in [9.17, 15) is 4.39 Å². The lowest BCUT2D eigenvalue weighted by Crippen LogP contribution is -2.52. The number of nitrogens with zero attached hydrogens (tertiary/aromatic N) is 2. The van der Waals surface area contributed by atoms with Crippen molar-refractivity contribution < 1.29 is 4.39 Å². The van der Waals surface area contributed by atoms with Crippen molar-refractivity contribution in [3.63, 3.8) is 0 Å². The smallest absolute Gasteiger partial charge is 0.166 e. The molecule has 2 unspecified atom stereocenters. The predicted octanol–water partition coefficient (Wildman–Crippen LogP) is 3.80. The number of hydrogen-bond acceptors (Lipinski definition) is 3. The Balaban J connectivity index is 2.09. The van der Waals surface area contributed by atoms with Gasteiger partial charge in [0.15, 0.2) is 11.6 Å². The monoisotopic (exact) mass is 299 g/mol. The molecule has 2 rings (SSSR count). The molecule has 0 spiro atoms. The first kappa shape index (κ1) is 15.5. The molecule has 1 aromatic heterocycles. The minimum absolute atomic E-state index is 0.0748. The zero-order chi connectivity index (χ0) is 14.8. The van der Waals surface area contributed by atoms with Gasteiger partial charge in [0, 0.05) is 18.3 Å². The zero-order valence-electron chi connectivity index (χ0n) is 12.4. The summed E-state index contributed by atoms with van der Waals surface area (Å²) in [5.41, 5.74) is 0.0748. The first-order valence-corrected chi connectivity index (χ1v) is 7.53. The Hall–Kier alpha value is -0.870. The molecule has 1 heterocycles. The van der Waals surface area contributed by atoms with Gasteiger partial charge in [0.25, 0.3) is 0 Å². The maximum Gasteiger partial charge on any atom is 0.166 e. The highest BCUT2D eigenvalue weighted by atomic mass is 35.5. The lowest BCUT2D eigenvalue weighted by Gasteiger charge is -2.45. The summed E-state index contributed by atoms with van der Waals surface area (Å²) in [5, 5.41) is 3.49. The van der Waals surface area contributed by atoms with E-state index in [1.54, 1.807) is 0 Å². The molecule has 1 saturated carbocycles. The van der Waals surface area contributed by atoms with Crippen molar-refractivity contribution in [2.75, 3.05) is 26.0 Å². The fourth-order valence-corrected chi connectivity index (χ4v) is 3.29. The first-order valence-electron chi connectivity index (χ1n) is 7.15. The molecule has 1 aliphatic rings. The third-order valence-corrected chi connectivity index (χ3v) is 4.62. The maximum atomic E-state index is 13.8. The average molecular weight is 300 g/mol. The molecule has 0 saturated heterocycles. The van der Waals surface area contributed by atoms with Crippen LogP contribution < -0.4 is 5.32 Å². The summed E-state index contributed by atoms with van der Waals surface area (Å²) in [6.07, 6.45) is 6.23. The lowest BCUT2D eigenvalue weighted by molar-refractivity contribution is 0.0881. The van der Waals surface area contributed by atoms with E-state index in [0.717, 1.165) is 12.8 Å². The third-order valence-electron chi connectivity index (χ3n) is 4.41. The highest BCUT2D eigenvalue weighted by Crippen LogP contribution is 2.35. The number of likely N-dealkylation sites (N-methyl/N-ethyl adjacent to an activating group) is 1. The van der Waals surface area contributed by atoms with Crippen molar-refractivity contribution in [1.82, 2.24) is 9.88 Å². The van der Waals surface area contributed by atoms with Gasteiger partial charge in [-0.05, 0) is 38.9 Å². The molecule has 1 fully saturated rings. The summed E-state index contributed by atoms with van der Waals surface area (Å²) in [6.45, 7) is 2.99. The van der Waals surface area contributed by atoms with Gasteiger partial charge in [-0.15, -0.1) is 0 Å². The Morgan fingerprint density at radius 2 is 2.30 bits per heavy atom. The largest absolute Gasteiger partial charge is 0.366 e. The topological polar surface area (TPSA) is 28.2 Å². The fourth-order valence-electron chi connectivity index (χ4n) is 3.15. The number of rotatable bonds is 4. The maximum absolute atomic E-state index is 13.8. The Labute approximate surface area is 125 Å². The predicted molar refractivity (Wildman–Crippen MR) is 81.7 cm³/mol. The Morgan fingerprint density at radius 1 is 1.55 bits per heavy atom. The van der Waals surface area contributed by atoms with E-state index in [-0.39, 0.29) is 11.4 Å². The van der Waals surface area contributed by atoms with Crippen LogP contribution in [-0.4, -0.2) is 36.1 Å². The van der Waals surface area contributed by atoms with Gasteiger partial charge in [-0.2, -0.15) is 0 Å². The Bertz CT molecular complexity index is 466. The van der Waals surface area contributed by atoms with E-state index < -0.39 is 5.82 Å². The summed E-state index contributed by atoms with van der Waals surface area (Å²) in [5.74, 6) is 0.597. The van der Waals surface area contributed by atoms with E-state index in [2.05, 4.69) is 36.2 Å². The zero-order valence-corrected chi connectivity index (χ0v) is 13.2. The van der Waals surface area contributed by atoms with Gasteiger partial charge in [0.1, 0.15) is 0 Å². The van der Waals surface area contributed by atoms with Crippen LogP contribution in [0.5, 0.6) is 0 Å². The SMILES string of the molecule is CC1CCCC(CNc2ncc(Cl)cc2F)(N(C)C)C1. The van der Waals surface area contributed by atoms with Crippen LogP contribution in [0.2, 0.25) is 5.02 Å². The molecule has 0 radical (unpaired) electrons. The molecule has 1 N–H and O–H groups in total. The molecule has 112 valence electrons. The van der Waals surface area contributed by atoms with Crippen LogP contribution in [0.25, 0.3) is 0 Å². The molecule has 20 heavy (non-hydrogen) atoms. The van der Waals surface area contributed by atoms with Crippen LogP contribution in [0, 0.1) is 11.7 Å². The molecular formula is C15H23ClFN3. The Kier molecular flexibility index (Phi) is 4.86. The molecule has 5 heteroatoms. The van der Waals surface area contributed by atoms with E-state index in [0.29, 0.717) is 17.5 Å². The molecular weight excluding hydrogens is 277 g/mol. The second-order valence-corrected chi connectivity index (χ2v) is 6.59. The summed E-state index contributed by atoms with van der Waals surface area (Å²) >= 11 is 5.72.